The van der Waals surface area contributed by atoms with Crippen LogP contribution in [0.25, 0.3) is 0 Å². The average molecular weight is 326 g/mol. The smallest absolute Gasteiger partial charge is 0.126 e. The molecule has 0 saturated heterocycles. The van der Waals surface area contributed by atoms with Crippen LogP contribution in [0, 0.1) is 12.7 Å². The second-order valence-electron chi connectivity index (χ2n) is 5.06. The molecule has 0 amide bonds. The molecule has 0 bridgehead atoms. The van der Waals surface area contributed by atoms with Gasteiger partial charge in [-0.25, -0.2) is 4.39 Å². The van der Waals surface area contributed by atoms with E-state index >= 15 is 0 Å². The van der Waals surface area contributed by atoms with Crippen LogP contribution in [0.15, 0.2) is 36.4 Å². The molecule has 0 aliphatic carbocycles. The summed E-state index contributed by atoms with van der Waals surface area (Å²) in [7, 11) is 0. The molecular weight excluding hydrogens is 308 g/mol. The Kier molecular flexibility index (Phi) is 5.63. The standard InChI is InChI=1S/C17H18Cl2FN/c1-3-21-17(12-5-4-11(2)16(20)9-12)10-13-8-14(18)6-7-15(13)19/h4-9,17,21H,3,10H2,1-2H3. The molecule has 1 nitrogen and oxygen atoms in total. The molecule has 1 N–H and O–H groups in total. The van der Waals surface area contributed by atoms with Gasteiger partial charge in [0, 0.05) is 16.1 Å². The van der Waals surface area contributed by atoms with Crippen molar-refractivity contribution >= 4 is 23.2 Å². The largest absolute Gasteiger partial charge is 0.310 e. The molecule has 0 aromatic heterocycles. The van der Waals surface area contributed by atoms with Gasteiger partial charge in [-0.1, -0.05) is 42.3 Å². The van der Waals surface area contributed by atoms with Crippen molar-refractivity contribution in [3.05, 3.63) is 69.0 Å². The number of hydrogen-bond acceptors (Lipinski definition) is 1. The Bertz CT molecular complexity index is 628. The predicted octanol–water partition coefficient (Wildman–Crippen LogP) is 5.33. The first-order valence-corrected chi connectivity index (χ1v) is 7.70. The molecule has 0 aliphatic heterocycles. The van der Waals surface area contributed by atoms with Gasteiger partial charge in [0.1, 0.15) is 5.82 Å². The molecule has 2 aromatic carbocycles. The SMILES string of the molecule is CCNC(Cc1cc(Cl)ccc1Cl)c1ccc(C)c(F)c1. The molecule has 4 heteroatoms. The Balaban J connectivity index is 2.30. The molecule has 0 fully saturated rings. The maximum absolute atomic E-state index is 13.8. The first-order valence-electron chi connectivity index (χ1n) is 6.94. The van der Waals surface area contributed by atoms with Crippen molar-refractivity contribution in [1.82, 2.24) is 5.32 Å². The van der Waals surface area contributed by atoms with E-state index in [4.69, 9.17) is 23.2 Å². The molecule has 1 atom stereocenters. The summed E-state index contributed by atoms with van der Waals surface area (Å²) < 4.78 is 13.8. The minimum Gasteiger partial charge on any atom is -0.310 e. The fraction of sp³-hybridized carbons (Fsp3) is 0.294. The Morgan fingerprint density at radius 1 is 1.14 bits per heavy atom. The number of aryl methyl sites for hydroxylation is 1. The lowest BCUT2D eigenvalue weighted by Crippen LogP contribution is -2.23. The molecular formula is C17H18Cl2FN. The first kappa shape index (κ1) is 16.3. The lowest BCUT2D eigenvalue weighted by Gasteiger charge is -2.20. The second kappa shape index (κ2) is 7.26. The quantitative estimate of drug-likeness (QED) is 0.782. The van der Waals surface area contributed by atoms with Crippen molar-refractivity contribution in [1.29, 1.82) is 0 Å². The van der Waals surface area contributed by atoms with Crippen LogP contribution in [0.4, 0.5) is 4.39 Å². The van der Waals surface area contributed by atoms with Gasteiger partial charge < -0.3 is 5.32 Å². The topological polar surface area (TPSA) is 12.0 Å². The van der Waals surface area contributed by atoms with E-state index in [0.29, 0.717) is 22.0 Å². The Labute approximate surface area is 135 Å². The molecule has 2 aromatic rings. The monoisotopic (exact) mass is 325 g/mol. The highest BCUT2D eigenvalue weighted by Crippen LogP contribution is 2.27. The molecule has 0 heterocycles. The van der Waals surface area contributed by atoms with Crippen LogP contribution in [0.5, 0.6) is 0 Å². The van der Waals surface area contributed by atoms with Gasteiger partial charge in [-0.2, -0.15) is 0 Å². The third-order valence-electron chi connectivity index (χ3n) is 3.48. The summed E-state index contributed by atoms with van der Waals surface area (Å²) in [4.78, 5) is 0. The van der Waals surface area contributed by atoms with Gasteiger partial charge in [-0.05, 0) is 60.8 Å². The summed E-state index contributed by atoms with van der Waals surface area (Å²) in [5.41, 5.74) is 2.52. The predicted molar refractivity (Wildman–Crippen MR) is 87.7 cm³/mol. The van der Waals surface area contributed by atoms with E-state index in [-0.39, 0.29) is 11.9 Å². The van der Waals surface area contributed by atoms with Gasteiger partial charge in [0.25, 0.3) is 0 Å². The summed E-state index contributed by atoms with van der Waals surface area (Å²) in [5, 5.41) is 4.70. The molecule has 21 heavy (non-hydrogen) atoms. The third-order valence-corrected chi connectivity index (χ3v) is 4.08. The lowest BCUT2D eigenvalue weighted by atomic mass is 9.97. The molecule has 2 rings (SSSR count). The van der Waals surface area contributed by atoms with E-state index < -0.39 is 0 Å². The number of halogens is 3. The van der Waals surface area contributed by atoms with Gasteiger partial charge >= 0.3 is 0 Å². The average Bonchev–Trinajstić information content (AvgIpc) is 2.45. The zero-order valence-electron chi connectivity index (χ0n) is 12.1. The lowest BCUT2D eigenvalue weighted by molar-refractivity contribution is 0.541. The summed E-state index contributed by atoms with van der Waals surface area (Å²) in [5.74, 6) is -0.187. The minimum absolute atomic E-state index is 0.000988. The minimum atomic E-state index is -0.187. The summed E-state index contributed by atoms with van der Waals surface area (Å²) in [6, 6.07) is 10.7. The fourth-order valence-corrected chi connectivity index (χ4v) is 2.69. The van der Waals surface area contributed by atoms with Crippen LogP contribution in [0.2, 0.25) is 10.0 Å². The third kappa shape index (κ3) is 4.19. The number of likely N-dealkylation sites (N-methyl/N-ethyl adjacent to an activating group) is 1. The zero-order valence-corrected chi connectivity index (χ0v) is 13.6. The van der Waals surface area contributed by atoms with Crippen molar-refractivity contribution < 1.29 is 4.39 Å². The molecule has 1 unspecified atom stereocenters. The van der Waals surface area contributed by atoms with Gasteiger partial charge in [0.15, 0.2) is 0 Å². The maximum atomic E-state index is 13.8. The van der Waals surface area contributed by atoms with Crippen molar-refractivity contribution in [2.24, 2.45) is 0 Å². The second-order valence-corrected chi connectivity index (χ2v) is 5.90. The Morgan fingerprint density at radius 2 is 1.90 bits per heavy atom. The molecule has 112 valence electrons. The summed E-state index contributed by atoms with van der Waals surface area (Å²) >= 11 is 12.3. The van der Waals surface area contributed by atoms with Crippen LogP contribution < -0.4 is 5.32 Å². The number of rotatable bonds is 5. The van der Waals surface area contributed by atoms with Crippen molar-refractivity contribution in [3.63, 3.8) is 0 Å². The van der Waals surface area contributed by atoms with E-state index in [2.05, 4.69) is 5.32 Å². The van der Waals surface area contributed by atoms with E-state index in [1.54, 1.807) is 31.2 Å². The number of nitrogens with one attached hydrogen (secondary N) is 1. The van der Waals surface area contributed by atoms with Crippen molar-refractivity contribution in [2.75, 3.05) is 6.54 Å². The van der Waals surface area contributed by atoms with Crippen LogP contribution in [-0.2, 0) is 6.42 Å². The van der Waals surface area contributed by atoms with Crippen molar-refractivity contribution in [3.8, 4) is 0 Å². The van der Waals surface area contributed by atoms with E-state index in [0.717, 1.165) is 17.7 Å². The zero-order chi connectivity index (χ0) is 15.4. The molecule has 0 aliphatic rings. The Hall–Kier alpha value is -1.09. The highest BCUT2D eigenvalue weighted by Gasteiger charge is 2.14. The van der Waals surface area contributed by atoms with Gasteiger partial charge in [0.2, 0.25) is 0 Å². The van der Waals surface area contributed by atoms with E-state index in [9.17, 15) is 4.39 Å². The maximum Gasteiger partial charge on any atom is 0.126 e. The van der Waals surface area contributed by atoms with Gasteiger partial charge in [-0.3, -0.25) is 0 Å². The summed E-state index contributed by atoms with van der Waals surface area (Å²) in [6.07, 6.45) is 0.662. The number of benzene rings is 2. The van der Waals surface area contributed by atoms with E-state index in [1.165, 1.54) is 0 Å². The van der Waals surface area contributed by atoms with Gasteiger partial charge in [0.05, 0.1) is 0 Å². The molecule has 0 saturated carbocycles. The van der Waals surface area contributed by atoms with Crippen molar-refractivity contribution in [2.45, 2.75) is 26.3 Å². The van der Waals surface area contributed by atoms with Gasteiger partial charge in [-0.15, -0.1) is 0 Å². The van der Waals surface area contributed by atoms with Crippen LogP contribution in [-0.4, -0.2) is 6.54 Å². The molecule has 0 radical (unpaired) electrons. The van der Waals surface area contributed by atoms with Crippen LogP contribution >= 0.6 is 23.2 Å². The van der Waals surface area contributed by atoms with E-state index in [1.807, 2.05) is 19.1 Å². The summed E-state index contributed by atoms with van der Waals surface area (Å²) in [6.45, 7) is 4.57. The highest BCUT2D eigenvalue weighted by atomic mass is 35.5. The van der Waals surface area contributed by atoms with Crippen LogP contribution in [0.1, 0.15) is 29.7 Å². The number of hydrogen-bond donors (Lipinski definition) is 1. The van der Waals surface area contributed by atoms with Crippen LogP contribution in [0.3, 0.4) is 0 Å². The normalized spacial score (nSPS) is 12.4. The first-order chi connectivity index (χ1) is 10.0. The fourth-order valence-electron chi connectivity index (χ4n) is 2.30. The Morgan fingerprint density at radius 3 is 2.57 bits per heavy atom. The molecule has 0 spiro atoms. The highest BCUT2D eigenvalue weighted by molar-refractivity contribution is 6.33.